The Kier molecular flexibility index (Phi) is 6.96. The number of aryl methyl sites for hydroxylation is 1. The molecule has 0 radical (unpaired) electrons. The Morgan fingerprint density at radius 2 is 1.74 bits per heavy atom. The van der Waals surface area contributed by atoms with Crippen LogP contribution in [-0.2, 0) is 4.79 Å². The van der Waals surface area contributed by atoms with E-state index in [1.807, 2.05) is 63.2 Å². The van der Waals surface area contributed by atoms with Crippen LogP contribution >= 0.6 is 0 Å². The summed E-state index contributed by atoms with van der Waals surface area (Å²) in [5, 5.41) is 3.33. The van der Waals surface area contributed by atoms with E-state index in [1.54, 1.807) is 18.2 Å². The van der Waals surface area contributed by atoms with Crippen molar-refractivity contribution >= 4 is 22.8 Å². The molecule has 0 saturated heterocycles. The molecule has 3 aromatic carbocycles. The summed E-state index contributed by atoms with van der Waals surface area (Å²) in [6, 6.07) is 20.8. The highest BCUT2D eigenvalue weighted by atomic mass is 16.6. The summed E-state index contributed by atoms with van der Waals surface area (Å²) in [4.78, 5) is 37.4. The van der Waals surface area contributed by atoms with E-state index in [9.17, 15) is 14.4 Å². The van der Waals surface area contributed by atoms with Crippen molar-refractivity contribution in [3.63, 3.8) is 0 Å². The molecule has 7 nitrogen and oxygen atoms in total. The lowest BCUT2D eigenvalue weighted by atomic mass is 10.1. The van der Waals surface area contributed by atoms with E-state index in [4.69, 9.17) is 13.9 Å². The highest BCUT2D eigenvalue weighted by Gasteiger charge is 2.17. The van der Waals surface area contributed by atoms with Crippen molar-refractivity contribution < 1.29 is 23.5 Å². The molecule has 35 heavy (non-hydrogen) atoms. The maximum Gasteiger partial charge on any atom is 0.349 e. The van der Waals surface area contributed by atoms with E-state index >= 15 is 0 Å². The summed E-state index contributed by atoms with van der Waals surface area (Å²) >= 11 is 0. The van der Waals surface area contributed by atoms with E-state index < -0.39 is 17.5 Å². The first-order valence-electron chi connectivity index (χ1n) is 11.2. The predicted octanol–water partition coefficient (Wildman–Crippen LogP) is 4.89. The number of rotatable bonds is 7. The van der Waals surface area contributed by atoms with Crippen LogP contribution in [0.3, 0.4) is 0 Å². The molecule has 0 aliphatic heterocycles. The number of amides is 1. The van der Waals surface area contributed by atoms with E-state index in [2.05, 4.69) is 5.32 Å². The summed E-state index contributed by atoms with van der Waals surface area (Å²) < 4.78 is 16.2. The van der Waals surface area contributed by atoms with Crippen LogP contribution in [0.1, 0.15) is 40.0 Å². The van der Waals surface area contributed by atoms with Crippen LogP contribution in [0.15, 0.2) is 82.0 Å². The zero-order chi connectivity index (χ0) is 24.9. The molecular weight excluding hydrogens is 446 g/mol. The van der Waals surface area contributed by atoms with Gasteiger partial charge in [0.2, 0.25) is 0 Å². The SMILES string of the molecule is Cc1cccc(OCC(=O)Oc2ccc3cc(C(=O)NC(C)c4ccccc4)c(=O)oc3c2)c1C. The van der Waals surface area contributed by atoms with Crippen LogP contribution in [0.4, 0.5) is 0 Å². The zero-order valence-electron chi connectivity index (χ0n) is 19.7. The molecular formula is C28H25NO6. The maximum atomic E-state index is 12.7. The second-order valence-corrected chi connectivity index (χ2v) is 8.21. The van der Waals surface area contributed by atoms with Crippen molar-refractivity contribution in [2.75, 3.05) is 6.61 Å². The zero-order valence-corrected chi connectivity index (χ0v) is 19.7. The van der Waals surface area contributed by atoms with Gasteiger partial charge in [0, 0.05) is 11.5 Å². The van der Waals surface area contributed by atoms with Crippen molar-refractivity contribution in [3.05, 3.63) is 105 Å². The lowest BCUT2D eigenvalue weighted by Crippen LogP contribution is -2.30. The molecule has 178 valence electrons. The highest BCUT2D eigenvalue weighted by Crippen LogP contribution is 2.23. The number of hydrogen-bond donors (Lipinski definition) is 1. The van der Waals surface area contributed by atoms with E-state index in [0.29, 0.717) is 11.1 Å². The summed E-state index contributed by atoms with van der Waals surface area (Å²) in [6.45, 7) is 5.44. The molecule has 1 unspecified atom stereocenters. The maximum absolute atomic E-state index is 12.7. The molecule has 1 N–H and O–H groups in total. The van der Waals surface area contributed by atoms with E-state index in [-0.39, 0.29) is 29.5 Å². The molecule has 0 aliphatic carbocycles. The lowest BCUT2D eigenvalue weighted by Gasteiger charge is -2.14. The average Bonchev–Trinajstić information content (AvgIpc) is 2.85. The first kappa shape index (κ1) is 23.8. The fourth-order valence-electron chi connectivity index (χ4n) is 3.59. The van der Waals surface area contributed by atoms with Gasteiger partial charge in [0.25, 0.3) is 5.91 Å². The second-order valence-electron chi connectivity index (χ2n) is 8.21. The first-order chi connectivity index (χ1) is 16.8. The van der Waals surface area contributed by atoms with Gasteiger partial charge in [-0.25, -0.2) is 9.59 Å². The molecule has 0 bridgehead atoms. The predicted molar refractivity (Wildman–Crippen MR) is 132 cm³/mol. The van der Waals surface area contributed by atoms with Crippen LogP contribution in [-0.4, -0.2) is 18.5 Å². The summed E-state index contributed by atoms with van der Waals surface area (Å²) in [5.41, 5.74) is 2.24. The first-order valence-corrected chi connectivity index (χ1v) is 11.2. The quantitative estimate of drug-likeness (QED) is 0.234. The lowest BCUT2D eigenvalue weighted by molar-refractivity contribution is -0.136. The third kappa shape index (κ3) is 5.58. The largest absolute Gasteiger partial charge is 0.482 e. The molecule has 1 aromatic heterocycles. The second kappa shape index (κ2) is 10.3. The van der Waals surface area contributed by atoms with E-state index in [1.165, 1.54) is 12.1 Å². The van der Waals surface area contributed by atoms with Gasteiger partial charge < -0.3 is 19.2 Å². The normalized spacial score (nSPS) is 11.6. The van der Waals surface area contributed by atoms with Crippen LogP contribution < -0.4 is 20.4 Å². The highest BCUT2D eigenvalue weighted by molar-refractivity contribution is 5.97. The van der Waals surface area contributed by atoms with Gasteiger partial charge in [-0.3, -0.25) is 4.79 Å². The van der Waals surface area contributed by atoms with Crippen molar-refractivity contribution in [2.24, 2.45) is 0 Å². The topological polar surface area (TPSA) is 94.8 Å². The van der Waals surface area contributed by atoms with Gasteiger partial charge in [-0.15, -0.1) is 0 Å². The Bertz CT molecular complexity index is 1440. The number of benzene rings is 3. The smallest absolute Gasteiger partial charge is 0.349 e. The number of carbonyl (C=O) groups excluding carboxylic acids is 2. The Hall–Kier alpha value is -4.39. The number of nitrogens with one attached hydrogen (secondary N) is 1. The molecule has 7 heteroatoms. The van der Waals surface area contributed by atoms with Crippen LogP contribution in [0.5, 0.6) is 11.5 Å². The fourth-order valence-corrected chi connectivity index (χ4v) is 3.59. The molecule has 4 rings (SSSR count). The molecule has 0 aliphatic rings. The third-order valence-corrected chi connectivity index (χ3v) is 5.73. The Balaban J connectivity index is 1.44. The van der Waals surface area contributed by atoms with Gasteiger partial charge >= 0.3 is 11.6 Å². The van der Waals surface area contributed by atoms with Crippen molar-refractivity contribution in [3.8, 4) is 11.5 Å². The van der Waals surface area contributed by atoms with Gasteiger partial charge in [-0.2, -0.15) is 0 Å². The molecule has 1 atom stereocenters. The Morgan fingerprint density at radius 3 is 2.51 bits per heavy atom. The van der Waals surface area contributed by atoms with Crippen molar-refractivity contribution in [1.29, 1.82) is 0 Å². The molecule has 0 spiro atoms. The minimum Gasteiger partial charge on any atom is -0.482 e. The molecule has 0 saturated carbocycles. The van der Waals surface area contributed by atoms with Gasteiger partial charge in [0.15, 0.2) is 6.61 Å². The van der Waals surface area contributed by atoms with Gasteiger partial charge in [-0.05, 0) is 61.7 Å². The minimum atomic E-state index is -0.781. The molecule has 1 amide bonds. The summed E-state index contributed by atoms with van der Waals surface area (Å²) in [5.74, 6) is -0.321. The van der Waals surface area contributed by atoms with Crippen molar-refractivity contribution in [2.45, 2.75) is 26.8 Å². The summed E-state index contributed by atoms with van der Waals surface area (Å²) in [7, 11) is 0. The number of esters is 1. The van der Waals surface area contributed by atoms with Crippen LogP contribution in [0.2, 0.25) is 0 Å². The number of hydrogen-bond acceptors (Lipinski definition) is 6. The Labute approximate surface area is 202 Å². The third-order valence-electron chi connectivity index (χ3n) is 5.73. The Morgan fingerprint density at radius 1 is 0.971 bits per heavy atom. The number of fused-ring (bicyclic) bond motifs is 1. The van der Waals surface area contributed by atoms with E-state index in [0.717, 1.165) is 16.7 Å². The molecule has 0 fully saturated rings. The van der Waals surface area contributed by atoms with Gasteiger partial charge in [0.1, 0.15) is 22.6 Å². The van der Waals surface area contributed by atoms with Crippen LogP contribution in [0.25, 0.3) is 11.0 Å². The monoisotopic (exact) mass is 471 g/mol. The number of ether oxygens (including phenoxy) is 2. The fraction of sp³-hybridized carbons (Fsp3) is 0.179. The van der Waals surface area contributed by atoms with Gasteiger partial charge in [-0.1, -0.05) is 42.5 Å². The summed E-state index contributed by atoms with van der Waals surface area (Å²) in [6.07, 6.45) is 0. The minimum absolute atomic E-state index is 0.105. The van der Waals surface area contributed by atoms with Gasteiger partial charge in [0.05, 0.1) is 6.04 Å². The molecule has 1 heterocycles. The molecule has 4 aromatic rings. The number of carbonyl (C=O) groups is 2. The average molecular weight is 472 g/mol. The van der Waals surface area contributed by atoms with Crippen LogP contribution in [0, 0.1) is 13.8 Å². The standard InChI is InChI=1S/C28H25NO6/c1-17-8-7-11-24(18(17)2)33-16-26(30)34-22-13-12-21-14-23(28(32)35-25(21)15-22)27(31)29-19(3)20-9-5-4-6-10-20/h4-15,19H,16H2,1-3H3,(H,29,31). The van der Waals surface area contributed by atoms with Crippen molar-refractivity contribution in [1.82, 2.24) is 5.32 Å².